The normalized spacial score (nSPS) is 10.0. The molecule has 0 radical (unpaired) electrons. The van der Waals surface area contributed by atoms with Crippen molar-refractivity contribution in [3.63, 3.8) is 0 Å². The van der Waals surface area contributed by atoms with Crippen molar-refractivity contribution in [1.29, 1.82) is 0 Å². The first-order valence-electron chi connectivity index (χ1n) is 1.38. The standard InChI is InChI=1S/2CH3.2ClH.FH.Sn/h2*1H3;3*1H;/q;;;;;+2/p-2. The maximum Gasteiger partial charge on any atom is 1.00 e. The van der Waals surface area contributed by atoms with Crippen molar-refractivity contribution in [2.45, 2.75) is 9.88 Å². The van der Waals surface area contributed by atoms with Crippen LogP contribution in [0.15, 0.2) is 0 Å². The molecule has 0 aromatic heterocycles. The Labute approximate surface area is 50.0 Å². The molecular formula is C2H7Cl2FSn. The Morgan fingerprint density at radius 2 is 1.33 bits per heavy atom. The number of hydrogen-bond donors (Lipinski definition) is 0. The van der Waals surface area contributed by atoms with Crippen molar-refractivity contribution in [1.82, 2.24) is 0 Å². The fraction of sp³-hybridized carbons (Fsp3) is 1.00. The molecule has 0 aliphatic heterocycles. The van der Waals surface area contributed by atoms with Gasteiger partial charge >= 0.3 is 45.3 Å². The van der Waals surface area contributed by atoms with E-state index in [1.807, 2.05) is 9.88 Å². The zero-order valence-electron chi connectivity index (χ0n) is 4.63. The van der Waals surface area contributed by atoms with Gasteiger partial charge in [0, 0.05) is 0 Å². The van der Waals surface area contributed by atoms with Gasteiger partial charge in [-0.1, -0.05) is 0 Å². The molecule has 0 nitrogen and oxygen atoms in total. The maximum atomic E-state index is 5.51. The van der Waals surface area contributed by atoms with Gasteiger partial charge in [-0.2, -0.15) is 0 Å². The molecule has 0 aromatic rings. The van der Waals surface area contributed by atoms with Gasteiger partial charge in [-0.25, -0.2) is 0 Å². The Hall–Kier alpha value is 1.31. The van der Waals surface area contributed by atoms with Crippen LogP contribution in [0.3, 0.4) is 0 Å². The second kappa shape index (κ2) is 3.33. The van der Waals surface area contributed by atoms with Gasteiger partial charge in [0.2, 0.25) is 0 Å². The molecule has 0 N–H and O–H groups in total. The summed E-state index contributed by atoms with van der Waals surface area (Å²) < 4.78 is 0. The molecule has 0 unspecified atom stereocenters. The first-order chi connectivity index (χ1) is 2.00. The second-order valence-electron chi connectivity index (χ2n) is 1.33. The topological polar surface area (TPSA) is 0 Å². The summed E-state index contributed by atoms with van der Waals surface area (Å²) in [4.78, 5) is 3.86. The molecule has 0 rings (SSSR count). The van der Waals surface area contributed by atoms with Gasteiger partial charge in [0.15, 0.2) is 0 Å². The fourth-order valence-electron chi connectivity index (χ4n) is 0. The first kappa shape index (κ1) is 10.3. The number of rotatable bonds is 0. The summed E-state index contributed by atoms with van der Waals surface area (Å²) >= 11 is -2.24. The molecule has 0 atom stereocenters. The summed E-state index contributed by atoms with van der Waals surface area (Å²) in [5, 5.41) is 0. The minimum Gasteiger partial charge on any atom is -1.00 e. The largest absolute Gasteiger partial charge is 1.00 e. The molecule has 0 saturated carbocycles. The van der Waals surface area contributed by atoms with Crippen molar-refractivity contribution in [2.75, 3.05) is 0 Å². The van der Waals surface area contributed by atoms with Crippen LogP contribution in [-0.4, -0.2) is 16.1 Å². The Bertz CT molecular complexity index is 31.2. The molecule has 0 aliphatic rings. The van der Waals surface area contributed by atoms with Gasteiger partial charge in [-0.15, -0.1) is 0 Å². The molecule has 0 aromatic carbocycles. The van der Waals surface area contributed by atoms with Crippen LogP contribution >= 0.6 is 17.8 Å². The van der Waals surface area contributed by atoms with Crippen LogP contribution in [0.25, 0.3) is 0 Å². The Morgan fingerprint density at radius 1 is 1.33 bits per heavy atom. The smallest absolute Gasteiger partial charge is 1.00 e. The van der Waals surface area contributed by atoms with Gasteiger partial charge in [0.1, 0.15) is 0 Å². The molecule has 6 heavy (non-hydrogen) atoms. The van der Waals surface area contributed by atoms with E-state index < -0.39 is 16.1 Å². The van der Waals surface area contributed by atoms with Crippen LogP contribution in [0.5, 0.6) is 0 Å². The number of halogens is 3. The summed E-state index contributed by atoms with van der Waals surface area (Å²) in [6.45, 7) is 0. The van der Waals surface area contributed by atoms with E-state index in [2.05, 4.69) is 0 Å². The molecular weight excluding hydrogens is 233 g/mol. The van der Waals surface area contributed by atoms with Gasteiger partial charge in [0.05, 0.1) is 0 Å². The van der Waals surface area contributed by atoms with Crippen LogP contribution in [-0.2, 0) is 0 Å². The SMILES string of the molecule is [CH3][Sn]([CH3])([Cl])[Cl].[F-].[H+]. The van der Waals surface area contributed by atoms with E-state index in [-0.39, 0.29) is 6.13 Å². The van der Waals surface area contributed by atoms with Crippen LogP contribution < -0.4 is 4.70 Å². The van der Waals surface area contributed by atoms with Gasteiger partial charge in [-0.05, 0) is 0 Å². The minimum absolute atomic E-state index is 0. The zero-order valence-corrected chi connectivity index (χ0v) is 8.00. The Kier molecular flexibility index (Phi) is 5.73. The molecule has 0 aliphatic carbocycles. The summed E-state index contributed by atoms with van der Waals surface area (Å²) in [5.41, 5.74) is 0. The first-order valence-corrected chi connectivity index (χ1v) is 14.3. The van der Waals surface area contributed by atoms with E-state index in [1.54, 1.807) is 0 Å². The predicted octanol–water partition coefficient (Wildman–Crippen LogP) is -0.718. The summed E-state index contributed by atoms with van der Waals surface area (Å²) in [5.74, 6) is 0. The molecule has 0 spiro atoms. The molecule has 0 bridgehead atoms. The second-order valence-corrected chi connectivity index (χ2v) is 22.9. The van der Waals surface area contributed by atoms with Crippen LogP contribution in [0.2, 0.25) is 9.88 Å². The summed E-state index contributed by atoms with van der Waals surface area (Å²) in [6, 6.07) is 0. The van der Waals surface area contributed by atoms with Crippen molar-refractivity contribution in [3.05, 3.63) is 0 Å². The minimum atomic E-state index is -2.24. The third-order valence-electron chi connectivity index (χ3n) is 0. The quantitative estimate of drug-likeness (QED) is 0.490. The molecule has 4 heteroatoms. The zero-order chi connectivity index (χ0) is 4.50. The molecule has 0 heterocycles. The van der Waals surface area contributed by atoms with E-state index in [4.69, 9.17) is 17.8 Å². The van der Waals surface area contributed by atoms with E-state index in [0.717, 1.165) is 0 Å². The van der Waals surface area contributed by atoms with Gasteiger partial charge in [0.25, 0.3) is 0 Å². The Balaban J connectivity index is -0.0000000800. The van der Waals surface area contributed by atoms with Crippen molar-refractivity contribution >= 4 is 34.0 Å². The molecule has 40 valence electrons. The van der Waals surface area contributed by atoms with Crippen LogP contribution in [0.1, 0.15) is 1.43 Å². The fourth-order valence-corrected chi connectivity index (χ4v) is 0. The maximum absolute atomic E-state index is 5.51. The molecule has 0 amide bonds. The monoisotopic (exact) mass is 240 g/mol. The van der Waals surface area contributed by atoms with Crippen molar-refractivity contribution in [2.24, 2.45) is 0 Å². The summed E-state index contributed by atoms with van der Waals surface area (Å²) in [6.07, 6.45) is 0. The van der Waals surface area contributed by atoms with Crippen molar-refractivity contribution < 1.29 is 6.13 Å². The predicted molar refractivity (Wildman–Crippen MR) is 30.3 cm³/mol. The summed E-state index contributed by atoms with van der Waals surface area (Å²) in [7, 11) is 11.0. The third kappa shape index (κ3) is 57.5. The van der Waals surface area contributed by atoms with E-state index in [0.29, 0.717) is 0 Å². The van der Waals surface area contributed by atoms with E-state index >= 15 is 0 Å². The van der Waals surface area contributed by atoms with Crippen LogP contribution in [0.4, 0.5) is 0 Å². The van der Waals surface area contributed by atoms with Crippen LogP contribution in [0, 0.1) is 0 Å². The average molecular weight is 240 g/mol. The Morgan fingerprint density at radius 3 is 1.33 bits per heavy atom. The van der Waals surface area contributed by atoms with E-state index in [9.17, 15) is 0 Å². The van der Waals surface area contributed by atoms with E-state index in [1.165, 1.54) is 0 Å². The molecule has 0 saturated heterocycles. The average Bonchev–Trinajstić information content (AvgIpc) is 0.722. The third-order valence-corrected chi connectivity index (χ3v) is 0. The number of hydrogen-bond acceptors (Lipinski definition) is 0. The van der Waals surface area contributed by atoms with Crippen molar-refractivity contribution in [3.8, 4) is 0 Å². The van der Waals surface area contributed by atoms with Gasteiger partial charge < -0.3 is 4.70 Å². The molecule has 0 fully saturated rings. The van der Waals surface area contributed by atoms with Gasteiger partial charge in [-0.3, -0.25) is 0 Å².